The van der Waals surface area contributed by atoms with Crippen LogP contribution in [0.15, 0.2) is 0 Å². The number of rotatable bonds is 7. The van der Waals surface area contributed by atoms with E-state index in [9.17, 15) is 0 Å². The molecular weight excluding hydrogens is 160 g/mol. The highest BCUT2D eigenvalue weighted by molar-refractivity contribution is 5.83. The van der Waals surface area contributed by atoms with E-state index in [1.165, 1.54) is 0 Å². The molecule has 0 atom stereocenters. The van der Waals surface area contributed by atoms with Crippen molar-refractivity contribution in [3.05, 3.63) is 0 Å². The molecule has 2 heteroatoms. The second kappa shape index (κ2) is 6.01. The normalized spacial score (nSPS) is 11.6. The summed E-state index contributed by atoms with van der Waals surface area (Å²) in [7, 11) is 0. The second-order valence-corrected chi connectivity index (χ2v) is 3.94. The van der Waals surface area contributed by atoms with Gasteiger partial charge in [-0.25, -0.2) is 0 Å². The molecule has 0 bridgehead atoms. The molecule has 13 heavy (non-hydrogen) atoms. The first-order chi connectivity index (χ1) is 6.13. The summed E-state index contributed by atoms with van der Waals surface area (Å²) in [5.74, 6) is 0.401. The van der Waals surface area contributed by atoms with Crippen molar-refractivity contribution < 1.29 is 0 Å². The van der Waals surface area contributed by atoms with Gasteiger partial charge in [-0.2, -0.15) is 0 Å². The molecule has 0 aliphatic carbocycles. The molecule has 0 aromatic carbocycles. The fourth-order valence-corrected chi connectivity index (χ4v) is 2.21. The lowest BCUT2D eigenvalue weighted by atomic mass is 9.75. The molecule has 0 aliphatic heterocycles. The average Bonchev–Trinajstić information content (AvgIpc) is 2.05. The molecular formula is C11H24N2. The quantitative estimate of drug-likeness (QED) is 0.463. The van der Waals surface area contributed by atoms with Crippen molar-refractivity contribution in [1.29, 1.82) is 5.41 Å². The molecule has 78 valence electrons. The van der Waals surface area contributed by atoms with Crippen LogP contribution in [-0.2, 0) is 0 Å². The highest BCUT2D eigenvalue weighted by Gasteiger charge is 2.30. The zero-order valence-corrected chi connectivity index (χ0v) is 9.32. The van der Waals surface area contributed by atoms with Crippen LogP contribution in [-0.4, -0.2) is 5.84 Å². The summed E-state index contributed by atoms with van der Waals surface area (Å²) in [5.41, 5.74) is 5.73. The third-order valence-electron chi connectivity index (χ3n) is 2.76. The molecule has 0 radical (unpaired) electrons. The number of hydrogen-bond acceptors (Lipinski definition) is 1. The Bertz CT molecular complexity index is 135. The maximum atomic E-state index is 7.69. The minimum atomic E-state index is 0.0122. The van der Waals surface area contributed by atoms with Crippen molar-refractivity contribution in [3.8, 4) is 0 Å². The maximum Gasteiger partial charge on any atom is 0.0968 e. The highest BCUT2D eigenvalue weighted by Crippen LogP contribution is 2.34. The molecule has 0 fully saturated rings. The van der Waals surface area contributed by atoms with Crippen LogP contribution >= 0.6 is 0 Å². The van der Waals surface area contributed by atoms with Crippen LogP contribution in [0.3, 0.4) is 0 Å². The van der Waals surface area contributed by atoms with Gasteiger partial charge in [-0.1, -0.05) is 40.0 Å². The Morgan fingerprint density at radius 1 is 1.00 bits per heavy atom. The van der Waals surface area contributed by atoms with Crippen LogP contribution in [0, 0.1) is 10.8 Å². The van der Waals surface area contributed by atoms with Gasteiger partial charge in [0.1, 0.15) is 0 Å². The van der Waals surface area contributed by atoms with Gasteiger partial charge in [0.15, 0.2) is 0 Å². The zero-order valence-electron chi connectivity index (χ0n) is 9.32. The van der Waals surface area contributed by atoms with E-state index in [1.807, 2.05) is 0 Å². The first-order valence-corrected chi connectivity index (χ1v) is 5.47. The number of nitrogens with one attached hydrogen (secondary N) is 1. The van der Waals surface area contributed by atoms with E-state index in [1.54, 1.807) is 0 Å². The Labute approximate surface area is 82.4 Å². The van der Waals surface area contributed by atoms with Crippen molar-refractivity contribution in [3.63, 3.8) is 0 Å². The van der Waals surface area contributed by atoms with Gasteiger partial charge < -0.3 is 5.73 Å². The molecule has 0 saturated heterocycles. The maximum absolute atomic E-state index is 7.69. The SMILES string of the molecule is CCCC(CCC)(CCC)C(=N)N. The molecule has 0 heterocycles. The summed E-state index contributed by atoms with van der Waals surface area (Å²) in [4.78, 5) is 0. The van der Waals surface area contributed by atoms with E-state index >= 15 is 0 Å². The summed E-state index contributed by atoms with van der Waals surface area (Å²) in [6.45, 7) is 6.51. The summed E-state index contributed by atoms with van der Waals surface area (Å²) in [6, 6.07) is 0. The van der Waals surface area contributed by atoms with Crippen LogP contribution in [0.5, 0.6) is 0 Å². The van der Waals surface area contributed by atoms with Crippen LogP contribution in [0.2, 0.25) is 0 Å². The van der Waals surface area contributed by atoms with Gasteiger partial charge in [0, 0.05) is 5.41 Å². The van der Waals surface area contributed by atoms with Gasteiger partial charge in [0.05, 0.1) is 5.84 Å². The summed E-state index contributed by atoms with van der Waals surface area (Å²) in [6.07, 6.45) is 6.59. The third-order valence-corrected chi connectivity index (χ3v) is 2.76. The third kappa shape index (κ3) is 3.37. The smallest absolute Gasteiger partial charge is 0.0968 e. The van der Waals surface area contributed by atoms with Gasteiger partial charge >= 0.3 is 0 Å². The topological polar surface area (TPSA) is 49.9 Å². The minimum absolute atomic E-state index is 0.0122. The highest BCUT2D eigenvalue weighted by atomic mass is 14.7. The predicted octanol–water partition coefficient (Wildman–Crippen LogP) is 3.31. The van der Waals surface area contributed by atoms with Gasteiger partial charge in [-0.05, 0) is 19.3 Å². The van der Waals surface area contributed by atoms with Gasteiger partial charge in [-0.15, -0.1) is 0 Å². The lowest BCUT2D eigenvalue weighted by Crippen LogP contribution is -2.36. The van der Waals surface area contributed by atoms with E-state index in [-0.39, 0.29) is 5.41 Å². The lowest BCUT2D eigenvalue weighted by molar-refractivity contribution is 0.314. The van der Waals surface area contributed by atoms with E-state index in [2.05, 4.69) is 20.8 Å². The number of hydrogen-bond donors (Lipinski definition) is 2. The van der Waals surface area contributed by atoms with Crippen molar-refractivity contribution >= 4 is 5.84 Å². The average molecular weight is 184 g/mol. The van der Waals surface area contributed by atoms with Crippen LogP contribution in [0.4, 0.5) is 0 Å². The largest absolute Gasteiger partial charge is 0.387 e. The summed E-state index contributed by atoms with van der Waals surface area (Å²) >= 11 is 0. The summed E-state index contributed by atoms with van der Waals surface area (Å²) < 4.78 is 0. The van der Waals surface area contributed by atoms with Crippen molar-refractivity contribution in [2.45, 2.75) is 59.3 Å². The molecule has 0 aliphatic rings. The monoisotopic (exact) mass is 184 g/mol. The van der Waals surface area contributed by atoms with Crippen LogP contribution in [0.25, 0.3) is 0 Å². The van der Waals surface area contributed by atoms with Gasteiger partial charge in [-0.3, -0.25) is 5.41 Å². The molecule has 0 rings (SSSR count). The van der Waals surface area contributed by atoms with Crippen LogP contribution in [0.1, 0.15) is 59.3 Å². The van der Waals surface area contributed by atoms with Gasteiger partial charge in [0.2, 0.25) is 0 Å². The number of amidine groups is 1. The molecule has 0 unspecified atom stereocenters. The molecule has 0 saturated carbocycles. The van der Waals surface area contributed by atoms with Crippen molar-refractivity contribution in [2.75, 3.05) is 0 Å². The van der Waals surface area contributed by atoms with E-state index in [4.69, 9.17) is 11.1 Å². The molecule has 0 aromatic heterocycles. The summed E-state index contributed by atoms with van der Waals surface area (Å²) in [5, 5.41) is 7.69. The molecule has 2 nitrogen and oxygen atoms in total. The van der Waals surface area contributed by atoms with Crippen molar-refractivity contribution in [1.82, 2.24) is 0 Å². The standard InChI is InChI=1S/C11H24N2/c1-4-7-11(8-5-2,9-6-3)10(12)13/h4-9H2,1-3H3,(H3,12,13). The number of nitrogens with two attached hydrogens (primary N) is 1. The second-order valence-electron chi connectivity index (χ2n) is 3.94. The van der Waals surface area contributed by atoms with Gasteiger partial charge in [0.25, 0.3) is 0 Å². The van der Waals surface area contributed by atoms with E-state index < -0.39 is 0 Å². The molecule has 0 spiro atoms. The fraction of sp³-hybridized carbons (Fsp3) is 0.909. The Kier molecular flexibility index (Phi) is 5.76. The molecule has 0 aromatic rings. The van der Waals surface area contributed by atoms with Crippen molar-refractivity contribution in [2.24, 2.45) is 11.1 Å². The first-order valence-electron chi connectivity index (χ1n) is 5.47. The lowest BCUT2D eigenvalue weighted by Gasteiger charge is -2.32. The van der Waals surface area contributed by atoms with Crippen LogP contribution < -0.4 is 5.73 Å². The van der Waals surface area contributed by atoms with E-state index in [0.717, 1.165) is 38.5 Å². The molecule has 0 amide bonds. The Balaban J connectivity index is 4.48. The minimum Gasteiger partial charge on any atom is -0.387 e. The zero-order chi connectivity index (χ0) is 10.3. The first kappa shape index (κ1) is 12.5. The molecule has 3 N–H and O–H groups in total. The Morgan fingerprint density at radius 2 is 1.31 bits per heavy atom. The fourth-order valence-electron chi connectivity index (χ4n) is 2.21. The Morgan fingerprint density at radius 3 is 1.46 bits per heavy atom. The predicted molar refractivity (Wildman–Crippen MR) is 59.1 cm³/mol. The Hall–Kier alpha value is -0.530. The van der Waals surface area contributed by atoms with E-state index in [0.29, 0.717) is 5.84 Å².